The van der Waals surface area contributed by atoms with Crippen molar-refractivity contribution in [1.82, 2.24) is 10.2 Å². The van der Waals surface area contributed by atoms with E-state index in [-0.39, 0.29) is 24.2 Å². The lowest BCUT2D eigenvalue weighted by atomic mass is 10.0. The third kappa shape index (κ3) is 5.30. The van der Waals surface area contributed by atoms with Crippen LogP contribution < -0.4 is 10.1 Å². The smallest absolute Gasteiger partial charge is 0.220 e. The zero-order valence-corrected chi connectivity index (χ0v) is 15.8. The largest absolute Gasteiger partial charge is 0.497 e. The average Bonchev–Trinajstić information content (AvgIpc) is 3.22. The molecule has 27 heavy (non-hydrogen) atoms. The number of rotatable bonds is 8. The minimum Gasteiger partial charge on any atom is -0.497 e. The van der Waals surface area contributed by atoms with Crippen molar-refractivity contribution >= 4 is 5.91 Å². The summed E-state index contributed by atoms with van der Waals surface area (Å²) in [6, 6.07) is 14.8. The maximum absolute atomic E-state index is 13.7. The summed E-state index contributed by atoms with van der Waals surface area (Å²) in [5, 5.41) is 3.04. The van der Waals surface area contributed by atoms with Crippen LogP contribution in [-0.4, -0.2) is 37.6 Å². The van der Waals surface area contributed by atoms with Gasteiger partial charge in [0.1, 0.15) is 11.6 Å². The first kappa shape index (κ1) is 19.4. The number of benzene rings is 2. The Morgan fingerprint density at radius 3 is 2.52 bits per heavy atom. The van der Waals surface area contributed by atoms with Crippen LogP contribution in [0.25, 0.3) is 0 Å². The first-order chi connectivity index (χ1) is 13.2. The molecular formula is C22H27FN2O2. The molecule has 144 valence electrons. The molecule has 1 fully saturated rings. The van der Waals surface area contributed by atoms with E-state index >= 15 is 0 Å². The minimum absolute atomic E-state index is 0.0454. The summed E-state index contributed by atoms with van der Waals surface area (Å²) in [5.41, 5.74) is 1.76. The summed E-state index contributed by atoms with van der Waals surface area (Å²) in [4.78, 5) is 14.7. The molecule has 0 aliphatic carbocycles. The van der Waals surface area contributed by atoms with Crippen molar-refractivity contribution in [1.29, 1.82) is 0 Å². The van der Waals surface area contributed by atoms with E-state index in [4.69, 9.17) is 4.74 Å². The molecule has 1 unspecified atom stereocenters. The molecule has 0 saturated carbocycles. The molecule has 2 aromatic carbocycles. The molecule has 0 aromatic heterocycles. The zero-order chi connectivity index (χ0) is 19.1. The third-order valence-corrected chi connectivity index (χ3v) is 5.15. The van der Waals surface area contributed by atoms with Crippen molar-refractivity contribution in [2.75, 3.05) is 26.7 Å². The molecule has 1 N–H and O–H groups in total. The summed E-state index contributed by atoms with van der Waals surface area (Å²) in [5.74, 6) is 0.530. The van der Waals surface area contributed by atoms with Gasteiger partial charge in [0.2, 0.25) is 5.91 Å². The topological polar surface area (TPSA) is 41.6 Å². The number of carbonyl (C=O) groups excluding carboxylic acids is 1. The Labute approximate surface area is 160 Å². The molecule has 4 nitrogen and oxygen atoms in total. The monoisotopic (exact) mass is 370 g/mol. The SMILES string of the molecule is COc1ccc(C(CNC(=O)CCc2ccccc2F)N2CCCC2)cc1. The number of ether oxygens (including phenoxy) is 1. The molecular weight excluding hydrogens is 343 g/mol. The number of hydrogen-bond donors (Lipinski definition) is 1. The van der Waals surface area contributed by atoms with Gasteiger partial charge in [-0.15, -0.1) is 0 Å². The van der Waals surface area contributed by atoms with Crippen LogP contribution in [0.2, 0.25) is 0 Å². The Hall–Kier alpha value is -2.40. The fourth-order valence-corrected chi connectivity index (χ4v) is 3.59. The van der Waals surface area contributed by atoms with Gasteiger partial charge in [-0.3, -0.25) is 9.69 Å². The van der Waals surface area contributed by atoms with Crippen molar-refractivity contribution in [2.24, 2.45) is 0 Å². The van der Waals surface area contributed by atoms with Gasteiger partial charge >= 0.3 is 0 Å². The lowest BCUT2D eigenvalue weighted by Gasteiger charge is -2.28. The van der Waals surface area contributed by atoms with Crippen LogP contribution >= 0.6 is 0 Å². The van der Waals surface area contributed by atoms with Gasteiger partial charge in [-0.1, -0.05) is 30.3 Å². The fourth-order valence-electron chi connectivity index (χ4n) is 3.59. The highest BCUT2D eigenvalue weighted by molar-refractivity contribution is 5.76. The second-order valence-electron chi connectivity index (χ2n) is 6.93. The van der Waals surface area contributed by atoms with Crippen LogP contribution in [-0.2, 0) is 11.2 Å². The molecule has 1 aliphatic rings. The van der Waals surface area contributed by atoms with Crippen LogP contribution in [0.5, 0.6) is 5.75 Å². The summed E-state index contributed by atoms with van der Waals surface area (Å²) >= 11 is 0. The third-order valence-electron chi connectivity index (χ3n) is 5.15. The highest BCUT2D eigenvalue weighted by Gasteiger charge is 2.24. The Kier molecular flexibility index (Phi) is 6.82. The molecule has 2 aromatic rings. The number of carbonyl (C=O) groups is 1. The van der Waals surface area contributed by atoms with E-state index in [1.165, 1.54) is 24.5 Å². The summed E-state index contributed by atoms with van der Waals surface area (Å²) in [6.45, 7) is 2.64. The molecule has 0 radical (unpaired) electrons. The van der Waals surface area contributed by atoms with Gasteiger partial charge in [0.15, 0.2) is 0 Å². The molecule has 5 heteroatoms. The quantitative estimate of drug-likeness (QED) is 0.770. The first-order valence-corrected chi connectivity index (χ1v) is 9.55. The highest BCUT2D eigenvalue weighted by atomic mass is 19.1. The maximum atomic E-state index is 13.7. The van der Waals surface area contributed by atoms with Crippen LogP contribution in [0.15, 0.2) is 48.5 Å². The van der Waals surface area contributed by atoms with Crippen LogP contribution in [0, 0.1) is 5.82 Å². The van der Waals surface area contributed by atoms with E-state index < -0.39 is 0 Å². The van der Waals surface area contributed by atoms with Gasteiger partial charge in [-0.2, -0.15) is 0 Å². The summed E-state index contributed by atoms with van der Waals surface area (Å²) in [7, 11) is 1.66. The number of amides is 1. The van der Waals surface area contributed by atoms with Crippen LogP contribution in [0.1, 0.15) is 36.4 Å². The van der Waals surface area contributed by atoms with E-state index in [2.05, 4.69) is 22.3 Å². The van der Waals surface area contributed by atoms with Crippen molar-refractivity contribution in [2.45, 2.75) is 31.7 Å². The van der Waals surface area contributed by atoms with E-state index in [0.717, 1.165) is 18.8 Å². The predicted molar refractivity (Wildman–Crippen MR) is 104 cm³/mol. The zero-order valence-electron chi connectivity index (χ0n) is 15.8. The average molecular weight is 370 g/mol. The van der Waals surface area contributed by atoms with Gasteiger partial charge in [0.25, 0.3) is 0 Å². The fraction of sp³-hybridized carbons (Fsp3) is 0.409. The van der Waals surface area contributed by atoms with E-state index in [0.29, 0.717) is 18.5 Å². The van der Waals surface area contributed by atoms with E-state index in [9.17, 15) is 9.18 Å². The molecule has 0 spiro atoms. The van der Waals surface area contributed by atoms with Gasteiger partial charge in [0.05, 0.1) is 13.2 Å². The number of nitrogens with one attached hydrogen (secondary N) is 1. The Morgan fingerprint density at radius 2 is 1.85 bits per heavy atom. The Balaban J connectivity index is 1.58. The van der Waals surface area contributed by atoms with E-state index in [1.807, 2.05) is 12.1 Å². The molecule has 1 aliphatic heterocycles. The van der Waals surface area contributed by atoms with Crippen molar-refractivity contribution < 1.29 is 13.9 Å². The number of hydrogen-bond acceptors (Lipinski definition) is 3. The molecule has 1 atom stereocenters. The second-order valence-corrected chi connectivity index (χ2v) is 6.93. The van der Waals surface area contributed by atoms with Gasteiger partial charge in [0, 0.05) is 13.0 Å². The lowest BCUT2D eigenvalue weighted by Crippen LogP contribution is -2.36. The van der Waals surface area contributed by atoms with Gasteiger partial charge < -0.3 is 10.1 Å². The summed E-state index contributed by atoms with van der Waals surface area (Å²) < 4.78 is 18.9. The highest BCUT2D eigenvalue weighted by Crippen LogP contribution is 2.26. The molecule has 1 amide bonds. The second kappa shape index (κ2) is 9.51. The number of nitrogens with zero attached hydrogens (tertiary/aromatic N) is 1. The molecule has 1 heterocycles. The van der Waals surface area contributed by atoms with Crippen molar-refractivity contribution in [3.63, 3.8) is 0 Å². The maximum Gasteiger partial charge on any atom is 0.220 e. The van der Waals surface area contributed by atoms with Crippen LogP contribution in [0.3, 0.4) is 0 Å². The summed E-state index contributed by atoms with van der Waals surface area (Å²) in [6.07, 6.45) is 3.08. The Morgan fingerprint density at radius 1 is 1.15 bits per heavy atom. The van der Waals surface area contributed by atoms with Crippen molar-refractivity contribution in [3.05, 3.63) is 65.5 Å². The van der Waals surface area contributed by atoms with Gasteiger partial charge in [-0.05, 0) is 61.7 Å². The molecule has 3 rings (SSSR count). The van der Waals surface area contributed by atoms with Crippen molar-refractivity contribution in [3.8, 4) is 5.75 Å². The van der Waals surface area contributed by atoms with Gasteiger partial charge in [-0.25, -0.2) is 4.39 Å². The predicted octanol–water partition coefficient (Wildman–Crippen LogP) is 3.72. The lowest BCUT2D eigenvalue weighted by molar-refractivity contribution is -0.121. The number of aryl methyl sites for hydroxylation is 1. The number of methoxy groups -OCH3 is 1. The van der Waals surface area contributed by atoms with Crippen LogP contribution in [0.4, 0.5) is 4.39 Å². The minimum atomic E-state index is -0.251. The van der Waals surface area contributed by atoms with E-state index in [1.54, 1.807) is 25.3 Å². The first-order valence-electron chi connectivity index (χ1n) is 9.55. The Bertz CT molecular complexity index is 742. The molecule has 0 bridgehead atoms. The molecule has 1 saturated heterocycles. The standard InChI is InChI=1S/C22H27FN2O2/c1-27-19-11-8-18(9-12-19)21(25-14-4-5-15-25)16-24-22(26)13-10-17-6-2-3-7-20(17)23/h2-3,6-9,11-12,21H,4-5,10,13-16H2,1H3,(H,24,26). The number of likely N-dealkylation sites (tertiary alicyclic amines) is 1. The number of halogens is 1. The normalized spacial score (nSPS) is 15.5.